The van der Waals surface area contributed by atoms with E-state index in [2.05, 4.69) is 116 Å². The van der Waals surface area contributed by atoms with Crippen LogP contribution in [0.25, 0.3) is 23.2 Å². The normalized spacial score (nSPS) is 16.9. The number of rotatable bonds is 5. The van der Waals surface area contributed by atoms with Crippen molar-refractivity contribution >= 4 is 35.4 Å². The maximum Gasteiger partial charge on any atom is 0.169 e. The third-order valence-electron chi connectivity index (χ3n) is 5.81. The molecular weight excluding hydrogens is 365 g/mol. The van der Waals surface area contributed by atoms with E-state index in [1.54, 1.807) is 0 Å². The first-order chi connectivity index (χ1) is 14.4. The minimum atomic E-state index is 0.239. The van der Waals surface area contributed by atoms with Crippen LogP contribution in [-0.4, -0.2) is 36.7 Å². The van der Waals surface area contributed by atoms with E-state index in [-0.39, 0.29) is 6.04 Å². The second kappa shape index (κ2) is 8.31. The third-order valence-corrected chi connectivity index (χ3v) is 5.81. The zero-order chi connectivity index (χ0) is 21.3. The number of nitrogens with one attached hydrogen (secondary N) is 2. The van der Waals surface area contributed by atoms with Crippen LogP contribution in [0.3, 0.4) is 0 Å². The number of hydrogen-bond acceptors (Lipinski definition) is 2. The standard InChI is InChI=1S/C26H30BN3/c1-18-25(23-16-11-20(27(2)3)17-24(23)28-18)26(19-9-7-6-8-10-19)29-21-12-14-22(15-13-21)30(4)5/h6-12,14-17,21,28-29H,1,13H2,2-5H3/b26-25+. The molecule has 0 radical (unpaired) electrons. The lowest BCUT2D eigenvalue weighted by Gasteiger charge is -2.24. The van der Waals surface area contributed by atoms with Gasteiger partial charge >= 0.3 is 0 Å². The summed E-state index contributed by atoms with van der Waals surface area (Å²) in [6.45, 7) is 9.30. The van der Waals surface area contributed by atoms with Crippen molar-refractivity contribution in [2.75, 3.05) is 14.1 Å². The summed E-state index contributed by atoms with van der Waals surface area (Å²) in [5, 5.41) is 7.12. The fourth-order valence-electron chi connectivity index (χ4n) is 4.05. The number of hydrogen-bond donors (Lipinski definition) is 2. The van der Waals surface area contributed by atoms with E-state index in [0.29, 0.717) is 6.71 Å². The zero-order valence-electron chi connectivity index (χ0n) is 18.4. The minimum absolute atomic E-state index is 0.239. The predicted octanol–water partition coefficient (Wildman–Crippen LogP) is 3.06. The van der Waals surface area contributed by atoms with E-state index < -0.39 is 0 Å². The van der Waals surface area contributed by atoms with Crippen LogP contribution in [0, 0.1) is 0 Å². The van der Waals surface area contributed by atoms with E-state index in [1.165, 1.54) is 22.1 Å². The summed E-state index contributed by atoms with van der Waals surface area (Å²) in [6.07, 6.45) is 7.69. The summed E-state index contributed by atoms with van der Waals surface area (Å²) < 4.78 is 0. The average molecular weight is 395 g/mol. The molecule has 1 aromatic heterocycles. The summed E-state index contributed by atoms with van der Waals surface area (Å²) in [5.41, 5.74) is 6.03. The van der Waals surface area contributed by atoms with Crippen molar-refractivity contribution in [3.05, 3.63) is 88.6 Å². The van der Waals surface area contributed by atoms with Gasteiger partial charge in [-0.15, -0.1) is 0 Å². The maximum atomic E-state index is 4.35. The molecule has 0 saturated heterocycles. The molecule has 2 N–H and O–H groups in total. The van der Waals surface area contributed by atoms with Gasteiger partial charge in [0.05, 0.1) is 5.70 Å². The molecule has 3 nitrogen and oxygen atoms in total. The Morgan fingerprint density at radius 1 is 1.13 bits per heavy atom. The van der Waals surface area contributed by atoms with Gasteiger partial charge in [0.25, 0.3) is 0 Å². The Kier molecular flexibility index (Phi) is 5.58. The fraction of sp³-hybridized carbons (Fsp3) is 0.231. The smallest absolute Gasteiger partial charge is 0.169 e. The Bertz CT molecular complexity index is 1220. The largest absolute Gasteiger partial charge is 0.378 e. The number of likely N-dealkylation sites (N-methyl/N-ethyl adjacent to an activating group) is 1. The Balaban J connectivity index is 1.85. The van der Waals surface area contributed by atoms with E-state index in [9.17, 15) is 0 Å². The van der Waals surface area contributed by atoms with Crippen molar-refractivity contribution in [1.29, 1.82) is 0 Å². The number of aromatic amines is 1. The first kappa shape index (κ1) is 20.2. The van der Waals surface area contributed by atoms with Crippen molar-refractivity contribution in [3.63, 3.8) is 0 Å². The molecule has 1 atom stereocenters. The summed E-state index contributed by atoms with van der Waals surface area (Å²) >= 11 is 0. The molecule has 1 aliphatic rings. The van der Waals surface area contributed by atoms with Crippen molar-refractivity contribution < 1.29 is 0 Å². The van der Waals surface area contributed by atoms with E-state index in [1.807, 2.05) is 0 Å². The van der Waals surface area contributed by atoms with Crippen LogP contribution < -0.4 is 21.3 Å². The molecule has 0 aliphatic heterocycles. The van der Waals surface area contributed by atoms with Crippen LogP contribution in [0.4, 0.5) is 0 Å². The zero-order valence-corrected chi connectivity index (χ0v) is 18.4. The van der Waals surface area contributed by atoms with Gasteiger partial charge in [-0.05, 0) is 24.1 Å². The van der Waals surface area contributed by atoms with Gasteiger partial charge in [-0.1, -0.05) is 80.3 Å². The number of aromatic nitrogens is 1. The van der Waals surface area contributed by atoms with Crippen LogP contribution in [0.15, 0.2) is 72.5 Å². The Morgan fingerprint density at radius 2 is 1.90 bits per heavy atom. The topological polar surface area (TPSA) is 31.1 Å². The lowest BCUT2D eigenvalue weighted by atomic mass is 9.49. The maximum absolute atomic E-state index is 4.35. The van der Waals surface area contributed by atoms with E-state index >= 15 is 0 Å². The van der Waals surface area contributed by atoms with Crippen molar-refractivity contribution in [3.8, 4) is 0 Å². The van der Waals surface area contributed by atoms with Gasteiger partial charge in [0.15, 0.2) is 6.71 Å². The quantitative estimate of drug-likeness (QED) is 0.651. The van der Waals surface area contributed by atoms with Crippen LogP contribution in [0.1, 0.15) is 12.0 Å². The Labute approximate surface area is 179 Å². The predicted molar refractivity (Wildman–Crippen MR) is 132 cm³/mol. The number of fused-ring (bicyclic) bond motifs is 1. The first-order valence-corrected chi connectivity index (χ1v) is 10.7. The van der Waals surface area contributed by atoms with Gasteiger partial charge in [-0.25, -0.2) is 0 Å². The summed E-state index contributed by atoms with van der Waals surface area (Å²) in [4.78, 5) is 5.67. The first-order valence-electron chi connectivity index (χ1n) is 10.7. The molecule has 2 aromatic carbocycles. The van der Waals surface area contributed by atoms with Gasteiger partial charge < -0.3 is 15.2 Å². The van der Waals surface area contributed by atoms with Crippen LogP contribution in [0.5, 0.6) is 0 Å². The SMILES string of the molecule is C=c1[nH]c2cc(B(C)C)ccc2/c1=C(/NC1C=CC(N(C)C)=CC1)c1ccccc1. The number of benzene rings is 2. The average Bonchev–Trinajstić information content (AvgIpc) is 3.07. The second-order valence-corrected chi connectivity index (χ2v) is 8.55. The van der Waals surface area contributed by atoms with Crippen molar-refractivity contribution in [2.45, 2.75) is 26.1 Å². The molecule has 1 aliphatic carbocycles. The number of nitrogens with zero attached hydrogens (tertiary/aromatic N) is 1. The van der Waals surface area contributed by atoms with Crippen molar-refractivity contribution in [2.24, 2.45) is 0 Å². The molecule has 152 valence electrons. The molecule has 30 heavy (non-hydrogen) atoms. The molecule has 0 amide bonds. The molecule has 0 saturated carbocycles. The summed E-state index contributed by atoms with van der Waals surface area (Å²) in [6, 6.07) is 17.5. The summed E-state index contributed by atoms with van der Waals surface area (Å²) in [5.74, 6) is 0. The van der Waals surface area contributed by atoms with Crippen LogP contribution >= 0.6 is 0 Å². The number of allylic oxidation sites excluding steroid dienone is 1. The van der Waals surface area contributed by atoms with Crippen LogP contribution in [-0.2, 0) is 0 Å². The second-order valence-electron chi connectivity index (χ2n) is 8.55. The lowest BCUT2D eigenvalue weighted by molar-refractivity contribution is 0.518. The third kappa shape index (κ3) is 3.95. The van der Waals surface area contributed by atoms with Crippen LogP contribution in [0.2, 0.25) is 13.6 Å². The fourth-order valence-corrected chi connectivity index (χ4v) is 4.05. The Hall–Kier alpha value is -3.14. The highest BCUT2D eigenvalue weighted by Gasteiger charge is 2.15. The monoisotopic (exact) mass is 395 g/mol. The molecule has 1 heterocycles. The van der Waals surface area contributed by atoms with Gasteiger partial charge in [0, 0.05) is 47.3 Å². The molecule has 0 fully saturated rings. The molecule has 4 rings (SSSR count). The lowest BCUT2D eigenvalue weighted by Crippen LogP contribution is -2.36. The molecule has 0 bridgehead atoms. The Morgan fingerprint density at radius 3 is 2.53 bits per heavy atom. The molecule has 3 aromatic rings. The number of H-pyrrole nitrogens is 1. The highest BCUT2D eigenvalue weighted by atomic mass is 15.1. The van der Waals surface area contributed by atoms with Gasteiger partial charge in [-0.2, -0.15) is 0 Å². The minimum Gasteiger partial charge on any atom is -0.378 e. The highest BCUT2D eigenvalue weighted by Crippen LogP contribution is 2.17. The highest BCUT2D eigenvalue weighted by molar-refractivity contribution is 6.70. The van der Waals surface area contributed by atoms with Crippen molar-refractivity contribution in [1.82, 2.24) is 15.2 Å². The van der Waals surface area contributed by atoms with E-state index in [4.69, 9.17) is 0 Å². The molecule has 1 unspecified atom stereocenters. The molecular formula is C26H30BN3. The van der Waals surface area contributed by atoms with Gasteiger partial charge in [0.2, 0.25) is 0 Å². The van der Waals surface area contributed by atoms with Gasteiger partial charge in [-0.3, -0.25) is 0 Å². The van der Waals surface area contributed by atoms with Gasteiger partial charge in [0.1, 0.15) is 0 Å². The molecule has 4 heteroatoms. The van der Waals surface area contributed by atoms with E-state index in [0.717, 1.165) is 28.2 Å². The molecule has 0 spiro atoms. The summed E-state index contributed by atoms with van der Waals surface area (Å²) in [7, 11) is 4.16.